The second-order valence-corrected chi connectivity index (χ2v) is 4.47. The summed E-state index contributed by atoms with van der Waals surface area (Å²) in [5.74, 6) is 0. The first kappa shape index (κ1) is 14.8. The lowest BCUT2D eigenvalue weighted by atomic mass is 10.1. The molecule has 0 aliphatic heterocycles. The molecule has 18 heavy (non-hydrogen) atoms. The van der Waals surface area contributed by atoms with Crippen LogP contribution in [-0.2, 0) is 0 Å². The Hall–Kier alpha value is -1.23. The van der Waals surface area contributed by atoms with Gasteiger partial charge in [-0.25, -0.2) is 0 Å². The van der Waals surface area contributed by atoms with Crippen LogP contribution in [0.25, 0.3) is 0 Å². The number of likely N-dealkylation sites (N-methyl/N-ethyl adjacent to an activating group) is 1. The molecule has 0 saturated heterocycles. The summed E-state index contributed by atoms with van der Waals surface area (Å²) in [6.07, 6.45) is -4.34. The molecule has 0 saturated carbocycles. The van der Waals surface area contributed by atoms with Crippen LogP contribution in [0.4, 0.5) is 18.9 Å². The standard InChI is InChI=1S/C13H19F3N2/c1-4-18(11-7-5-6-9(2)8-11)12(10(3)17)13(14,15)16/h5-8,10,12H,4,17H2,1-3H3. The zero-order chi connectivity index (χ0) is 13.9. The summed E-state index contributed by atoms with van der Waals surface area (Å²) in [5, 5.41) is 0. The highest BCUT2D eigenvalue weighted by Gasteiger charge is 2.45. The van der Waals surface area contributed by atoms with Gasteiger partial charge in [0.1, 0.15) is 6.04 Å². The minimum atomic E-state index is -4.34. The van der Waals surface area contributed by atoms with Gasteiger partial charge in [0.15, 0.2) is 0 Å². The molecule has 2 nitrogen and oxygen atoms in total. The highest BCUT2D eigenvalue weighted by atomic mass is 19.4. The average molecular weight is 260 g/mol. The summed E-state index contributed by atoms with van der Waals surface area (Å²) in [5.41, 5.74) is 6.99. The molecule has 0 bridgehead atoms. The third-order valence-corrected chi connectivity index (χ3v) is 2.84. The predicted molar refractivity (Wildman–Crippen MR) is 67.7 cm³/mol. The van der Waals surface area contributed by atoms with E-state index in [0.717, 1.165) is 5.56 Å². The Kier molecular flexibility index (Phi) is 4.62. The van der Waals surface area contributed by atoms with E-state index >= 15 is 0 Å². The lowest BCUT2D eigenvalue weighted by Gasteiger charge is -2.36. The molecule has 1 rings (SSSR count). The lowest BCUT2D eigenvalue weighted by Crippen LogP contribution is -2.55. The minimum absolute atomic E-state index is 0.259. The number of hydrogen-bond donors (Lipinski definition) is 1. The van der Waals surface area contributed by atoms with Gasteiger partial charge in [-0.05, 0) is 38.5 Å². The van der Waals surface area contributed by atoms with E-state index in [4.69, 9.17) is 5.73 Å². The van der Waals surface area contributed by atoms with Gasteiger partial charge >= 0.3 is 6.18 Å². The molecule has 1 aromatic rings. The van der Waals surface area contributed by atoms with E-state index in [1.54, 1.807) is 25.1 Å². The van der Waals surface area contributed by atoms with Crippen molar-refractivity contribution in [3.8, 4) is 0 Å². The maximum Gasteiger partial charge on any atom is 0.410 e. The maximum absolute atomic E-state index is 13.1. The molecule has 2 atom stereocenters. The smallest absolute Gasteiger partial charge is 0.359 e. The van der Waals surface area contributed by atoms with Crippen LogP contribution in [0, 0.1) is 6.92 Å². The summed E-state index contributed by atoms with van der Waals surface area (Å²) < 4.78 is 39.2. The molecule has 2 unspecified atom stereocenters. The van der Waals surface area contributed by atoms with Crippen LogP contribution < -0.4 is 10.6 Å². The first-order valence-electron chi connectivity index (χ1n) is 5.93. The number of benzene rings is 1. The number of halogens is 3. The van der Waals surface area contributed by atoms with E-state index in [1.807, 2.05) is 13.0 Å². The fourth-order valence-electron chi connectivity index (χ4n) is 2.11. The molecular weight excluding hydrogens is 241 g/mol. The van der Waals surface area contributed by atoms with Gasteiger partial charge in [-0.3, -0.25) is 0 Å². The van der Waals surface area contributed by atoms with Crippen LogP contribution in [0.2, 0.25) is 0 Å². The first-order valence-corrected chi connectivity index (χ1v) is 5.93. The third kappa shape index (κ3) is 3.38. The first-order chi connectivity index (χ1) is 8.27. The lowest BCUT2D eigenvalue weighted by molar-refractivity contribution is -0.152. The molecule has 0 amide bonds. The van der Waals surface area contributed by atoms with Gasteiger partial charge in [0, 0.05) is 18.3 Å². The number of rotatable bonds is 4. The molecule has 0 aliphatic carbocycles. The normalized spacial score (nSPS) is 15.3. The van der Waals surface area contributed by atoms with Gasteiger partial charge in [0.05, 0.1) is 0 Å². The molecule has 2 N–H and O–H groups in total. The van der Waals surface area contributed by atoms with E-state index < -0.39 is 18.3 Å². The number of anilines is 1. The van der Waals surface area contributed by atoms with Crippen LogP contribution in [-0.4, -0.2) is 24.8 Å². The molecule has 0 fully saturated rings. The van der Waals surface area contributed by atoms with Crippen LogP contribution >= 0.6 is 0 Å². The van der Waals surface area contributed by atoms with Gasteiger partial charge in [-0.15, -0.1) is 0 Å². The molecule has 0 aliphatic rings. The summed E-state index contributed by atoms with van der Waals surface area (Å²) in [7, 11) is 0. The average Bonchev–Trinajstić information content (AvgIpc) is 2.23. The largest absolute Gasteiger partial charge is 0.410 e. The van der Waals surface area contributed by atoms with Crippen molar-refractivity contribution in [2.75, 3.05) is 11.4 Å². The highest BCUT2D eigenvalue weighted by molar-refractivity contribution is 5.50. The van der Waals surface area contributed by atoms with Crippen molar-refractivity contribution in [2.24, 2.45) is 5.73 Å². The van der Waals surface area contributed by atoms with Crippen molar-refractivity contribution in [2.45, 2.75) is 39.0 Å². The number of hydrogen-bond acceptors (Lipinski definition) is 2. The van der Waals surface area contributed by atoms with Crippen LogP contribution in [0.3, 0.4) is 0 Å². The summed E-state index contributed by atoms with van der Waals surface area (Å²) in [6, 6.07) is 4.38. The van der Waals surface area contributed by atoms with Gasteiger partial charge in [0.25, 0.3) is 0 Å². The fraction of sp³-hybridized carbons (Fsp3) is 0.538. The topological polar surface area (TPSA) is 29.3 Å². The monoisotopic (exact) mass is 260 g/mol. The van der Waals surface area contributed by atoms with Gasteiger partial charge < -0.3 is 10.6 Å². The van der Waals surface area contributed by atoms with Gasteiger partial charge in [-0.2, -0.15) is 13.2 Å². The zero-order valence-corrected chi connectivity index (χ0v) is 10.8. The van der Waals surface area contributed by atoms with Gasteiger partial charge in [-0.1, -0.05) is 12.1 Å². The summed E-state index contributed by atoms with van der Waals surface area (Å²) in [6.45, 7) is 5.20. The van der Waals surface area contributed by atoms with Crippen molar-refractivity contribution in [1.82, 2.24) is 0 Å². The molecule has 0 heterocycles. The summed E-state index contributed by atoms with van der Waals surface area (Å²) >= 11 is 0. The number of nitrogens with two attached hydrogens (primary N) is 1. The SMILES string of the molecule is CCN(c1cccc(C)c1)C(C(C)N)C(F)(F)F. The quantitative estimate of drug-likeness (QED) is 0.901. The molecule has 1 aromatic carbocycles. The van der Waals surface area contributed by atoms with Crippen molar-refractivity contribution in [3.05, 3.63) is 29.8 Å². The molecule has 0 radical (unpaired) electrons. The summed E-state index contributed by atoms with van der Waals surface area (Å²) in [4.78, 5) is 1.30. The van der Waals surface area contributed by atoms with Crippen molar-refractivity contribution < 1.29 is 13.2 Å². The van der Waals surface area contributed by atoms with E-state index in [2.05, 4.69) is 0 Å². The number of alkyl halides is 3. The maximum atomic E-state index is 13.1. The third-order valence-electron chi connectivity index (χ3n) is 2.84. The highest BCUT2D eigenvalue weighted by Crippen LogP contribution is 2.30. The Balaban J connectivity index is 3.14. The zero-order valence-electron chi connectivity index (χ0n) is 10.8. The molecular formula is C13H19F3N2. The Labute approximate surface area is 106 Å². The van der Waals surface area contributed by atoms with Crippen molar-refractivity contribution in [3.63, 3.8) is 0 Å². The fourth-order valence-corrected chi connectivity index (χ4v) is 2.11. The second kappa shape index (κ2) is 5.61. The Morgan fingerprint density at radius 2 is 1.94 bits per heavy atom. The Bertz CT molecular complexity index is 388. The van der Waals surface area contributed by atoms with Crippen molar-refractivity contribution >= 4 is 5.69 Å². The van der Waals surface area contributed by atoms with E-state index in [9.17, 15) is 13.2 Å². The molecule has 102 valence electrons. The van der Waals surface area contributed by atoms with Gasteiger partial charge in [0.2, 0.25) is 0 Å². The van der Waals surface area contributed by atoms with E-state index in [-0.39, 0.29) is 6.54 Å². The number of nitrogens with zero attached hydrogens (tertiary/aromatic N) is 1. The predicted octanol–water partition coefficient (Wildman–Crippen LogP) is 3.10. The number of aryl methyl sites for hydroxylation is 1. The Morgan fingerprint density at radius 1 is 1.33 bits per heavy atom. The molecule has 5 heteroatoms. The second-order valence-electron chi connectivity index (χ2n) is 4.47. The molecule has 0 aromatic heterocycles. The van der Waals surface area contributed by atoms with E-state index in [0.29, 0.717) is 5.69 Å². The minimum Gasteiger partial charge on any atom is -0.359 e. The van der Waals surface area contributed by atoms with Crippen molar-refractivity contribution in [1.29, 1.82) is 0 Å². The van der Waals surface area contributed by atoms with Crippen LogP contribution in [0.5, 0.6) is 0 Å². The van der Waals surface area contributed by atoms with E-state index in [1.165, 1.54) is 11.8 Å². The molecule has 0 spiro atoms. The van der Waals surface area contributed by atoms with Crippen LogP contribution in [0.1, 0.15) is 19.4 Å². The van der Waals surface area contributed by atoms with Crippen LogP contribution in [0.15, 0.2) is 24.3 Å². The Morgan fingerprint density at radius 3 is 2.33 bits per heavy atom.